The van der Waals surface area contributed by atoms with Gasteiger partial charge in [0.15, 0.2) is 0 Å². The highest BCUT2D eigenvalue weighted by Crippen LogP contribution is 2.38. The minimum atomic E-state index is -4.62. The smallest absolute Gasteiger partial charge is 0.343 e. The summed E-state index contributed by atoms with van der Waals surface area (Å²) in [4.78, 5) is 27.3. The number of hydrogen-bond donors (Lipinski definition) is 1. The van der Waals surface area contributed by atoms with Gasteiger partial charge < -0.3 is 10.2 Å². The van der Waals surface area contributed by atoms with Gasteiger partial charge in [-0.05, 0) is 61.4 Å². The van der Waals surface area contributed by atoms with Gasteiger partial charge >= 0.3 is 12.4 Å². The maximum absolute atomic E-state index is 13.7. The maximum atomic E-state index is 13.7. The molecule has 1 saturated heterocycles. The number of alkyl halides is 6. The number of likely N-dealkylation sites (tertiary alicyclic amines) is 1. The molecule has 41 heavy (non-hydrogen) atoms. The van der Waals surface area contributed by atoms with Crippen molar-refractivity contribution < 1.29 is 31.1 Å². The van der Waals surface area contributed by atoms with Crippen molar-refractivity contribution in [2.24, 2.45) is 0 Å². The van der Waals surface area contributed by atoms with E-state index in [9.17, 15) is 31.1 Å². The van der Waals surface area contributed by atoms with Crippen LogP contribution in [0.2, 0.25) is 0 Å². The summed E-state index contributed by atoms with van der Waals surface area (Å²) in [5.74, 6) is 0.663. The van der Waals surface area contributed by atoms with Crippen LogP contribution in [0, 0.1) is 0 Å². The Labute approximate surface area is 231 Å². The minimum absolute atomic E-state index is 0.0491. The molecule has 0 atom stereocenters. The van der Waals surface area contributed by atoms with Crippen molar-refractivity contribution in [1.29, 1.82) is 0 Å². The molecule has 1 aliphatic rings. The van der Waals surface area contributed by atoms with E-state index in [1.165, 1.54) is 36.5 Å². The number of halogens is 6. The van der Waals surface area contributed by atoms with Crippen LogP contribution in [0.25, 0.3) is 22.2 Å². The van der Waals surface area contributed by atoms with Crippen LogP contribution in [0.1, 0.15) is 49.1 Å². The topological polar surface area (TPSA) is 71.0 Å². The number of benzene rings is 2. The third-order valence-electron chi connectivity index (χ3n) is 7.09. The Kier molecular flexibility index (Phi) is 7.58. The molecule has 2 aromatic carbocycles. The van der Waals surface area contributed by atoms with E-state index in [-0.39, 0.29) is 23.1 Å². The molecule has 12 heteroatoms. The molecule has 3 heterocycles. The molecule has 0 saturated carbocycles. The van der Waals surface area contributed by atoms with E-state index in [0.29, 0.717) is 60.6 Å². The number of nitrogens with zero attached hydrogens (tertiary/aromatic N) is 4. The van der Waals surface area contributed by atoms with E-state index in [1.54, 1.807) is 17.9 Å². The highest BCUT2D eigenvalue weighted by molar-refractivity contribution is 5.93. The SMILES string of the molecule is CCC(=O)N1CCC(c2nc(Nc3ccc(C(F)(F)F)cc3)c3ccc(-c4ncccc4C(F)(F)F)cc3n2)CC1. The van der Waals surface area contributed by atoms with Gasteiger partial charge in [0.05, 0.1) is 22.3 Å². The summed E-state index contributed by atoms with van der Waals surface area (Å²) in [5.41, 5.74) is -1.02. The highest BCUT2D eigenvalue weighted by atomic mass is 19.4. The lowest BCUT2D eigenvalue weighted by Crippen LogP contribution is -2.37. The van der Waals surface area contributed by atoms with E-state index in [4.69, 9.17) is 9.97 Å². The molecule has 0 spiro atoms. The first kappa shape index (κ1) is 28.3. The van der Waals surface area contributed by atoms with Gasteiger partial charge in [-0.15, -0.1) is 0 Å². The number of carbonyl (C=O) groups excluding carboxylic acids is 1. The van der Waals surface area contributed by atoms with Crippen molar-refractivity contribution in [1.82, 2.24) is 19.9 Å². The number of fused-ring (bicyclic) bond motifs is 1. The van der Waals surface area contributed by atoms with Gasteiger partial charge in [-0.2, -0.15) is 26.3 Å². The fourth-order valence-corrected chi connectivity index (χ4v) is 4.93. The Balaban J connectivity index is 1.56. The van der Waals surface area contributed by atoms with Crippen LogP contribution in [0.4, 0.5) is 37.8 Å². The van der Waals surface area contributed by atoms with Gasteiger partial charge in [-0.3, -0.25) is 9.78 Å². The van der Waals surface area contributed by atoms with Gasteiger partial charge in [0, 0.05) is 48.3 Å². The van der Waals surface area contributed by atoms with Crippen LogP contribution in [-0.2, 0) is 17.1 Å². The van der Waals surface area contributed by atoms with Crippen LogP contribution in [0.15, 0.2) is 60.8 Å². The van der Waals surface area contributed by atoms with Gasteiger partial charge in [-0.25, -0.2) is 9.97 Å². The molecule has 2 aromatic heterocycles. The lowest BCUT2D eigenvalue weighted by atomic mass is 9.95. The van der Waals surface area contributed by atoms with Gasteiger partial charge in [0.25, 0.3) is 0 Å². The predicted molar refractivity (Wildman–Crippen MR) is 141 cm³/mol. The van der Waals surface area contributed by atoms with Gasteiger partial charge in [0.1, 0.15) is 11.6 Å². The van der Waals surface area contributed by atoms with Crippen molar-refractivity contribution >= 4 is 28.3 Å². The van der Waals surface area contributed by atoms with Crippen molar-refractivity contribution in [2.45, 2.75) is 44.5 Å². The number of carbonyl (C=O) groups is 1. The molecule has 0 radical (unpaired) electrons. The molecule has 6 nitrogen and oxygen atoms in total. The van der Waals surface area contributed by atoms with Gasteiger partial charge in [0.2, 0.25) is 5.91 Å². The summed E-state index contributed by atoms with van der Waals surface area (Å²) in [6, 6.07) is 11.2. The second-order valence-corrected chi connectivity index (χ2v) is 9.77. The van der Waals surface area contributed by atoms with Crippen molar-refractivity contribution in [2.75, 3.05) is 18.4 Å². The summed E-state index contributed by atoms with van der Waals surface area (Å²) in [6.07, 6.45) is -6.24. The number of pyridine rings is 1. The van der Waals surface area contributed by atoms with Crippen LogP contribution < -0.4 is 5.32 Å². The Bertz CT molecular complexity index is 1560. The second-order valence-electron chi connectivity index (χ2n) is 9.77. The largest absolute Gasteiger partial charge is 0.418 e. The van der Waals surface area contributed by atoms with Crippen LogP contribution in [0.3, 0.4) is 0 Å². The van der Waals surface area contributed by atoms with E-state index >= 15 is 0 Å². The van der Waals surface area contributed by atoms with E-state index < -0.39 is 23.5 Å². The number of nitrogens with one attached hydrogen (secondary N) is 1. The zero-order valence-corrected chi connectivity index (χ0v) is 21.9. The van der Waals surface area contributed by atoms with Crippen LogP contribution in [-0.4, -0.2) is 38.8 Å². The standard InChI is InChI=1S/C29H25F6N5O/c1-2-24(41)40-14-11-17(12-15-40)26-38-23-16-18(25-22(29(33,34)35)4-3-13-36-25)5-10-21(23)27(39-26)37-20-8-6-19(7-9-20)28(30,31)32/h3-10,13,16-17H,2,11-12,14-15H2,1H3,(H,37,38,39). The fraction of sp³-hybridized carbons (Fsp3) is 0.310. The van der Waals surface area contributed by atoms with E-state index in [2.05, 4.69) is 10.3 Å². The summed E-state index contributed by atoms with van der Waals surface area (Å²) < 4.78 is 80.3. The zero-order chi connectivity index (χ0) is 29.4. The second kappa shape index (κ2) is 11.0. The Morgan fingerprint density at radius 3 is 2.29 bits per heavy atom. The number of aromatic nitrogens is 3. The third kappa shape index (κ3) is 6.10. The summed E-state index contributed by atoms with van der Waals surface area (Å²) >= 11 is 0. The highest BCUT2D eigenvalue weighted by Gasteiger charge is 2.34. The lowest BCUT2D eigenvalue weighted by Gasteiger charge is -2.31. The molecule has 0 aliphatic carbocycles. The van der Waals surface area contributed by atoms with Crippen LogP contribution >= 0.6 is 0 Å². The molecule has 1 fully saturated rings. The van der Waals surface area contributed by atoms with Crippen molar-refractivity contribution in [3.63, 3.8) is 0 Å². The number of rotatable bonds is 5. The third-order valence-corrected chi connectivity index (χ3v) is 7.09. The number of hydrogen-bond acceptors (Lipinski definition) is 5. The molecular weight excluding hydrogens is 548 g/mol. The molecule has 1 aliphatic heterocycles. The molecule has 4 aromatic rings. The molecule has 0 bridgehead atoms. The Morgan fingerprint density at radius 2 is 1.66 bits per heavy atom. The average Bonchev–Trinajstić information content (AvgIpc) is 2.96. The molecular formula is C29H25F6N5O. The maximum Gasteiger partial charge on any atom is 0.418 e. The molecule has 1 amide bonds. The Morgan fingerprint density at radius 1 is 0.951 bits per heavy atom. The van der Waals surface area contributed by atoms with Crippen molar-refractivity contribution in [3.05, 3.63) is 77.7 Å². The van der Waals surface area contributed by atoms with Crippen LogP contribution in [0.5, 0.6) is 0 Å². The normalized spacial score (nSPS) is 14.9. The molecule has 214 valence electrons. The first-order valence-electron chi connectivity index (χ1n) is 13.0. The number of amides is 1. The summed E-state index contributed by atoms with van der Waals surface area (Å²) in [6.45, 7) is 2.83. The molecule has 5 rings (SSSR count). The van der Waals surface area contributed by atoms with Gasteiger partial charge in [-0.1, -0.05) is 13.0 Å². The lowest BCUT2D eigenvalue weighted by molar-refractivity contribution is -0.138. The summed E-state index contributed by atoms with van der Waals surface area (Å²) in [5, 5.41) is 3.53. The minimum Gasteiger partial charge on any atom is -0.343 e. The van der Waals surface area contributed by atoms with E-state index in [0.717, 1.165) is 18.2 Å². The zero-order valence-electron chi connectivity index (χ0n) is 21.9. The number of anilines is 2. The first-order valence-corrected chi connectivity index (χ1v) is 13.0. The molecule has 1 N–H and O–H groups in total. The quantitative estimate of drug-likeness (QED) is 0.249. The molecule has 0 unspecified atom stereocenters. The summed E-state index contributed by atoms with van der Waals surface area (Å²) in [7, 11) is 0. The fourth-order valence-electron chi connectivity index (χ4n) is 4.93. The first-order chi connectivity index (χ1) is 19.4. The van der Waals surface area contributed by atoms with E-state index in [1.807, 2.05) is 0 Å². The monoisotopic (exact) mass is 573 g/mol. The van der Waals surface area contributed by atoms with Crippen molar-refractivity contribution in [3.8, 4) is 11.3 Å². The average molecular weight is 574 g/mol. The number of piperidine rings is 1. The Hall–Kier alpha value is -4.22. The predicted octanol–water partition coefficient (Wildman–Crippen LogP) is 7.59.